The summed E-state index contributed by atoms with van der Waals surface area (Å²) in [5, 5.41) is 0. The van der Waals surface area contributed by atoms with Gasteiger partial charge in [-0.15, -0.1) is 0 Å². The van der Waals surface area contributed by atoms with Gasteiger partial charge in [-0.25, -0.2) is 0 Å². The molecule has 6 aliphatic rings. The van der Waals surface area contributed by atoms with E-state index in [1.807, 2.05) is 0 Å². The zero-order chi connectivity index (χ0) is 41.4. The van der Waals surface area contributed by atoms with Crippen LogP contribution in [-0.4, -0.2) is 0 Å². The van der Waals surface area contributed by atoms with Crippen molar-refractivity contribution in [2.45, 2.75) is 37.5 Å². The van der Waals surface area contributed by atoms with E-state index < -0.39 is 0 Å². The maximum Gasteiger partial charge on any atom is 0.0540 e. The highest BCUT2D eigenvalue weighted by Gasteiger charge is 2.36. The number of allylic oxidation sites excluding steroid dienone is 11. The first-order chi connectivity index (χ1) is 31.3. The normalized spacial score (nSPS) is 18.7. The van der Waals surface area contributed by atoms with Crippen molar-refractivity contribution in [3.63, 3.8) is 0 Å². The van der Waals surface area contributed by atoms with E-state index in [0.717, 1.165) is 54.1 Å². The molecule has 0 spiro atoms. The molecule has 0 N–H and O–H groups in total. The molecule has 2 unspecified atom stereocenters. The van der Waals surface area contributed by atoms with E-state index in [9.17, 15) is 0 Å². The van der Waals surface area contributed by atoms with Crippen LogP contribution in [0.25, 0.3) is 27.8 Å². The first kappa shape index (κ1) is 36.1. The molecule has 13 rings (SSSR count). The average Bonchev–Trinajstić information content (AvgIpc) is 3.63. The number of hydrogen-bond acceptors (Lipinski definition) is 3. The molecule has 63 heavy (non-hydrogen) atoms. The van der Waals surface area contributed by atoms with Crippen molar-refractivity contribution in [1.82, 2.24) is 0 Å². The van der Waals surface area contributed by atoms with Crippen LogP contribution in [0.5, 0.6) is 0 Å². The van der Waals surface area contributed by atoms with Crippen LogP contribution < -0.4 is 14.7 Å². The van der Waals surface area contributed by atoms with E-state index in [1.165, 1.54) is 78.4 Å². The summed E-state index contributed by atoms with van der Waals surface area (Å²) in [6, 6.07) is 61.5. The van der Waals surface area contributed by atoms with Crippen LogP contribution in [0.1, 0.15) is 54.2 Å². The number of rotatable bonds is 3. The molecule has 2 atom stereocenters. The van der Waals surface area contributed by atoms with E-state index in [4.69, 9.17) is 0 Å². The molecule has 0 amide bonds. The van der Waals surface area contributed by atoms with Crippen LogP contribution in [0.15, 0.2) is 229 Å². The Labute approximate surface area is 369 Å². The van der Waals surface area contributed by atoms with Gasteiger partial charge in [0.1, 0.15) is 0 Å². The number of hydrogen-bond donors (Lipinski definition) is 0. The smallest absolute Gasteiger partial charge is 0.0540 e. The highest BCUT2D eigenvalue weighted by molar-refractivity contribution is 6.04. The Balaban J connectivity index is 1.14. The standard InChI is InChI=1S/C60H45N3/c1-2-20-44-43(19-1)49-25-7-13-31-55(49)61(56-32-14-8-26-50(44)56)40-37-41(62-57-33-15-9-27-51(57)45-21-3-4-22-46(45)52-28-10-16-34-58(52)62)39-42(38-40)63-59-35-17-11-29-53(59)47-23-5-6-24-48(47)54-30-12-18-36-60(54)63/h1-5,7-11,13-23,25-29,31-39,43-44H,6,12,24,30H2. The van der Waals surface area contributed by atoms with Gasteiger partial charge in [0, 0.05) is 45.6 Å². The average molecular weight is 808 g/mol. The van der Waals surface area contributed by atoms with Crippen LogP contribution in [0.3, 0.4) is 0 Å². The molecule has 0 saturated heterocycles. The second-order valence-corrected chi connectivity index (χ2v) is 17.4. The highest BCUT2D eigenvalue weighted by atomic mass is 15.2. The van der Waals surface area contributed by atoms with E-state index in [-0.39, 0.29) is 11.8 Å². The molecule has 0 aromatic heterocycles. The fourth-order valence-corrected chi connectivity index (χ4v) is 11.4. The third-order valence-corrected chi connectivity index (χ3v) is 14.0. The van der Waals surface area contributed by atoms with Gasteiger partial charge in [-0.05, 0) is 119 Å². The Bertz CT molecular complexity index is 3100. The summed E-state index contributed by atoms with van der Waals surface area (Å²) in [7, 11) is 0. The van der Waals surface area contributed by atoms with E-state index in [2.05, 4.69) is 227 Å². The van der Waals surface area contributed by atoms with Gasteiger partial charge < -0.3 is 14.7 Å². The van der Waals surface area contributed by atoms with Crippen molar-refractivity contribution >= 4 is 51.1 Å². The SMILES string of the molecule is C1=CC2c3ccccc3N(c3cc(N4C5=C(CCC=C5)C5=C(C=CCC5)c5ccccc54)cc(N4c5ccccc5-c5ccccc5-c5ccccc54)c3)c3ccccc3C2C=C1. The summed E-state index contributed by atoms with van der Waals surface area (Å²) in [4.78, 5) is 7.68. The molecule has 0 fully saturated rings. The Morgan fingerprint density at radius 1 is 0.365 bits per heavy atom. The molecule has 0 radical (unpaired) electrons. The minimum atomic E-state index is 0.214. The van der Waals surface area contributed by atoms with Gasteiger partial charge in [0.15, 0.2) is 0 Å². The van der Waals surface area contributed by atoms with Gasteiger partial charge in [-0.2, -0.15) is 0 Å². The summed E-state index contributed by atoms with van der Waals surface area (Å²) in [5.74, 6) is 0.428. The van der Waals surface area contributed by atoms with Gasteiger partial charge >= 0.3 is 0 Å². The van der Waals surface area contributed by atoms with Gasteiger partial charge in [0.25, 0.3) is 0 Å². The maximum absolute atomic E-state index is 2.59. The molecule has 7 aromatic rings. The van der Waals surface area contributed by atoms with Crippen LogP contribution in [0.4, 0.5) is 45.5 Å². The lowest BCUT2D eigenvalue weighted by Gasteiger charge is -2.35. The van der Waals surface area contributed by atoms with Crippen molar-refractivity contribution in [2.75, 3.05) is 14.7 Å². The van der Waals surface area contributed by atoms with Crippen LogP contribution in [0.2, 0.25) is 0 Å². The van der Waals surface area contributed by atoms with E-state index in [0.29, 0.717) is 0 Å². The predicted molar refractivity (Wildman–Crippen MR) is 263 cm³/mol. The zero-order valence-electron chi connectivity index (χ0n) is 35.0. The minimum absolute atomic E-state index is 0.214. The van der Waals surface area contributed by atoms with Gasteiger partial charge in [-0.3, -0.25) is 0 Å². The summed E-state index contributed by atoms with van der Waals surface area (Å²) < 4.78 is 0. The Kier molecular flexibility index (Phi) is 8.30. The molecule has 7 aromatic carbocycles. The van der Waals surface area contributed by atoms with Crippen molar-refractivity contribution in [1.29, 1.82) is 0 Å². The maximum atomic E-state index is 2.59. The Hall–Kier alpha value is -7.62. The molecule has 300 valence electrons. The summed E-state index contributed by atoms with van der Waals surface area (Å²) in [6.07, 6.45) is 23.0. The van der Waals surface area contributed by atoms with E-state index >= 15 is 0 Å². The van der Waals surface area contributed by atoms with E-state index in [1.54, 1.807) is 0 Å². The van der Waals surface area contributed by atoms with Crippen molar-refractivity contribution in [3.05, 3.63) is 246 Å². The van der Waals surface area contributed by atoms with Crippen molar-refractivity contribution < 1.29 is 0 Å². The monoisotopic (exact) mass is 807 g/mol. The lowest BCUT2D eigenvalue weighted by molar-refractivity contribution is 0.739. The second-order valence-electron chi connectivity index (χ2n) is 17.4. The molecule has 3 aliphatic heterocycles. The number of anilines is 8. The number of fused-ring (bicyclic) bond motifs is 13. The predicted octanol–water partition coefficient (Wildman–Crippen LogP) is 16.4. The second kappa shape index (κ2) is 14.5. The highest BCUT2D eigenvalue weighted by Crippen LogP contribution is 2.57. The van der Waals surface area contributed by atoms with Gasteiger partial charge in [0.05, 0.1) is 34.1 Å². The molecular formula is C60H45N3. The molecular weight excluding hydrogens is 763 g/mol. The fraction of sp³-hybridized carbons (Fsp3) is 0.100. The minimum Gasteiger partial charge on any atom is -0.310 e. The first-order valence-corrected chi connectivity index (χ1v) is 22.6. The number of nitrogens with zero attached hydrogens (tertiary/aromatic N) is 3. The van der Waals surface area contributed by atoms with Crippen LogP contribution in [-0.2, 0) is 0 Å². The first-order valence-electron chi connectivity index (χ1n) is 22.6. The lowest BCUT2D eigenvalue weighted by Crippen LogP contribution is -2.21. The number of benzene rings is 7. The van der Waals surface area contributed by atoms with Crippen LogP contribution in [0, 0.1) is 0 Å². The molecule has 0 bridgehead atoms. The molecule has 3 heterocycles. The largest absolute Gasteiger partial charge is 0.310 e. The third kappa shape index (κ3) is 5.59. The summed E-state index contributed by atoms with van der Waals surface area (Å²) in [6.45, 7) is 0. The zero-order valence-corrected chi connectivity index (χ0v) is 35.0. The molecule has 3 heteroatoms. The Morgan fingerprint density at radius 3 is 1.35 bits per heavy atom. The topological polar surface area (TPSA) is 9.72 Å². The van der Waals surface area contributed by atoms with Crippen molar-refractivity contribution in [2.24, 2.45) is 0 Å². The third-order valence-electron chi connectivity index (χ3n) is 14.0. The van der Waals surface area contributed by atoms with Crippen molar-refractivity contribution in [3.8, 4) is 22.3 Å². The molecule has 0 saturated carbocycles. The summed E-state index contributed by atoms with van der Waals surface area (Å²) >= 11 is 0. The van der Waals surface area contributed by atoms with Gasteiger partial charge in [0.2, 0.25) is 0 Å². The lowest BCUT2D eigenvalue weighted by atomic mass is 9.79. The van der Waals surface area contributed by atoms with Crippen LogP contribution >= 0.6 is 0 Å². The molecule has 3 aliphatic carbocycles. The summed E-state index contributed by atoms with van der Waals surface area (Å²) in [5.41, 5.74) is 23.8. The quantitative estimate of drug-likeness (QED) is 0.176. The fourth-order valence-electron chi connectivity index (χ4n) is 11.4. The Morgan fingerprint density at radius 2 is 0.778 bits per heavy atom. The number of para-hydroxylation sites is 5. The van der Waals surface area contributed by atoms with Gasteiger partial charge in [-0.1, -0.05) is 158 Å². The molecule has 3 nitrogen and oxygen atoms in total.